The van der Waals surface area contributed by atoms with Crippen LogP contribution in [0, 0.1) is 5.21 Å². The molecular formula is C17H14N2O3. The van der Waals surface area contributed by atoms with Crippen molar-refractivity contribution in [3.63, 3.8) is 0 Å². The normalized spacial score (nSPS) is 11.4. The standard InChI is InChI=1S/C17H14N2O3/c1-21-16-8-2-13(3-9-16)12-19(20)15-6-4-14(5-7-15)17-18-10-11-22-17/h2-12H,1H3/b19-12-. The summed E-state index contributed by atoms with van der Waals surface area (Å²) in [6.07, 6.45) is 4.61. The van der Waals surface area contributed by atoms with Crippen LogP contribution in [0.15, 0.2) is 65.4 Å². The van der Waals surface area contributed by atoms with Crippen LogP contribution in [0.3, 0.4) is 0 Å². The summed E-state index contributed by atoms with van der Waals surface area (Å²) in [7, 11) is 1.61. The highest BCUT2D eigenvalue weighted by atomic mass is 16.5. The molecule has 0 radical (unpaired) electrons. The first-order chi connectivity index (χ1) is 10.8. The van der Waals surface area contributed by atoms with Gasteiger partial charge in [0.05, 0.1) is 13.3 Å². The zero-order chi connectivity index (χ0) is 15.4. The van der Waals surface area contributed by atoms with Crippen molar-refractivity contribution in [3.8, 4) is 17.2 Å². The third kappa shape index (κ3) is 2.98. The van der Waals surface area contributed by atoms with Crippen LogP contribution in [0.25, 0.3) is 11.5 Å². The molecule has 0 aliphatic heterocycles. The molecule has 3 rings (SSSR count). The van der Waals surface area contributed by atoms with Crippen LogP contribution in [0.5, 0.6) is 5.75 Å². The smallest absolute Gasteiger partial charge is 0.225 e. The second-order valence-corrected chi connectivity index (χ2v) is 4.61. The van der Waals surface area contributed by atoms with Crippen LogP contribution >= 0.6 is 0 Å². The summed E-state index contributed by atoms with van der Waals surface area (Å²) in [5.74, 6) is 1.29. The average Bonchev–Trinajstić information content (AvgIpc) is 3.10. The number of nitrogens with zero attached hydrogens (tertiary/aromatic N) is 2. The molecule has 22 heavy (non-hydrogen) atoms. The molecule has 0 saturated heterocycles. The van der Waals surface area contributed by atoms with Gasteiger partial charge in [-0.05, 0) is 36.4 Å². The number of aromatic nitrogens is 1. The lowest BCUT2D eigenvalue weighted by molar-refractivity contribution is -0.354. The van der Waals surface area contributed by atoms with Crippen LogP contribution in [-0.4, -0.2) is 23.0 Å². The molecule has 5 nitrogen and oxygen atoms in total. The molecule has 0 unspecified atom stereocenters. The first-order valence-electron chi connectivity index (χ1n) is 6.71. The number of hydrogen-bond acceptors (Lipinski definition) is 4. The summed E-state index contributed by atoms with van der Waals surface area (Å²) >= 11 is 0. The highest BCUT2D eigenvalue weighted by molar-refractivity contribution is 5.77. The van der Waals surface area contributed by atoms with Crippen molar-refractivity contribution in [1.29, 1.82) is 0 Å². The second-order valence-electron chi connectivity index (χ2n) is 4.61. The molecule has 0 atom stereocenters. The van der Waals surface area contributed by atoms with Crippen LogP contribution in [0.1, 0.15) is 5.56 Å². The van der Waals surface area contributed by atoms with Gasteiger partial charge in [0.15, 0.2) is 6.21 Å². The maximum absolute atomic E-state index is 12.2. The molecule has 1 aromatic heterocycles. The third-order valence-electron chi connectivity index (χ3n) is 3.18. The fourth-order valence-corrected chi connectivity index (χ4v) is 2.02. The zero-order valence-corrected chi connectivity index (χ0v) is 12.0. The Morgan fingerprint density at radius 1 is 1.09 bits per heavy atom. The van der Waals surface area contributed by atoms with Crippen LogP contribution in [0.4, 0.5) is 5.69 Å². The monoisotopic (exact) mass is 294 g/mol. The lowest BCUT2D eigenvalue weighted by Gasteiger charge is -2.04. The van der Waals surface area contributed by atoms with Gasteiger partial charge in [-0.25, -0.2) is 4.98 Å². The van der Waals surface area contributed by atoms with Gasteiger partial charge in [-0.3, -0.25) is 0 Å². The van der Waals surface area contributed by atoms with Gasteiger partial charge < -0.3 is 14.4 Å². The van der Waals surface area contributed by atoms with Gasteiger partial charge in [-0.2, -0.15) is 4.74 Å². The first kappa shape index (κ1) is 13.9. The predicted molar refractivity (Wildman–Crippen MR) is 83.4 cm³/mol. The number of rotatable bonds is 4. The van der Waals surface area contributed by atoms with E-state index in [2.05, 4.69) is 4.98 Å². The van der Waals surface area contributed by atoms with E-state index in [-0.39, 0.29) is 0 Å². The second kappa shape index (κ2) is 6.13. The first-order valence-corrected chi connectivity index (χ1v) is 6.71. The van der Waals surface area contributed by atoms with Crippen molar-refractivity contribution in [2.75, 3.05) is 7.11 Å². The third-order valence-corrected chi connectivity index (χ3v) is 3.18. The topological polar surface area (TPSA) is 61.3 Å². The van der Waals surface area contributed by atoms with Gasteiger partial charge in [-0.15, -0.1) is 0 Å². The van der Waals surface area contributed by atoms with E-state index >= 15 is 0 Å². The van der Waals surface area contributed by atoms with E-state index in [1.54, 1.807) is 37.6 Å². The summed E-state index contributed by atoms with van der Waals surface area (Å²) in [6.45, 7) is 0. The molecule has 1 heterocycles. The van der Waals surface area contributed by atoms with E-state index in [1.807, 2.05) is 24.3 Å². The highest BCUT2D eigenvalue weighted by Crippen LogP contribution is 2.20. The molecule has 5 heteroatoms. The van der Waals surface area contributed by atoms with Crippen molar-refractivity contribution in [2.24, 2.45) is 0 Å². The Hall–Kier alpha value is -3.08. The fourth-order valence-electron chi connectivity index (χ4n) is 2.02. The Balaban J connectivity index is 1.81. The van der Waals surface area contributed by atoms with Crippen LogP contribution in [0.2, 0.25) is 0 Å². The van der Waals surface area contributed by atoms with Crippen LogP contribution < -0.4 is 4.74 Å². The molecule has 0 N–H and O–H groups in total. The Morgan fingerprint density at radius 3 is 2.41 bits per heavy atom. The molecule has 0 aliphatic rings. The summed E-state index contributed by atoms with van der Waals surface area (Å²) in [6, 6.07) is 14.3. The number of oxazole rings is 1. The number of hydrogen-bond donors (Lipinski definition) is 0. The maximum Gasteiger partial charge on any atom is 0.225 e. The SMILES string of the molecule is COc1ccc(/C=[N+](\[O-])c2ccc(-c3ncco3)cc2)cc1. The van der Waals surface area contributed by atoms with E-state index in [4.69, 9.17) is 9.15 Å². The van der Waals surface area contributed by atoms with Gasteiger partial charge in [0.1, 0.15) is 12.0 Å². The van der Waals surface area contributed by atoms with Gasteiger partial charge in [0.25, 0.3) is 0 Å². The molecule has 3 aromatic rings. The molecular weight excluding hydrogens is 280 g/mol. The average molecular weight is 294 g/mol. The minimum atomic E-state index is 0.531. The summed E-state index contributed by atoms with van der Waals surface area (Å²) in [5, 5.41) is 12.2. The summed E-state index contributed by atoms with van der Waals surface area (Å²) in [4.78, 5) is 4.07. The van der Waals surface area contributed by atoms with Crippen molar-refractivity contribution in [2.45, 2.75) is 0 Å². The van der Waals surface area contributed by atoms with Crippen molar-refractivity contribution in [1.82, 2.24) is 4.98 Å². The van der Waals surface area contributed by atoms with Crippen LogP contribution in [-0.2, 0) is 0 Å². The van der Waals surface area contributed by atoms with E-state index in [1.165, 1.54) is 12.5 Å². The predicted octanol–water partition coefficient (Wildman–Crippen LogP) is 3.61. The van der Waals surface area contributed by atoms with Crippen molar-refractivity contribution >= 4 is 11.9 Å². The van der Waals surface area contributed by atoms with E-state index in [0.717, 1.165) is 21.6 Å². The fraction of sp³-hybridized carbons (Fsp3) is 0.0588. The van der Waals surface area contributed by atoms with Crippen molar-refractivity contribution < 1.29 is 13.9 Å². The van der Waals surface area contributed by atoms with Gasteiger partial charge in [0.2, 0.25) is 11.6 Å². The summed E-state index contributed by atoms with van der Waals surface area (Å²) in [5.41, 5.74) is 2.16. The van der Waals surface area contributed by atoms with Gasteiger partial charge >= 0.3 is 0 Å². The van der Waals surface area contributed by atoms with E-state index < -0.39 is 0 Å². The Labute approximate surface area is 127 Å². The number of methoxy groups -OCH3 is 1. The molecule has 0 spiro atoms. The molecule has 110 valence electrons. The Bertz CT molecular complexity index is 761. The molecule has 0 saturated carbocycles. The molecule has 0 bridgehead atoms. The summed E-state index contributed by atoms with van der Waals surface area (Å²) < 4.78 is 11.1. The lowest BCUT2D eigenvalue weighted by Crippen LogP contribution is -1.98. The zero-order valence-electron chi connectivity index (χ0n) is 12.0. The number of benzene rings is 2. The molecule has 0 amide bonds. The minimum absolute atomic E-state index is 0.531. The van der Waals surface area contributed by atoms with Gasteiger partial charge in [-0.1, -0.05) is 0 Å². The van der Waals surface area contributed by atoms with Gasteiger partial charge in [0, 0.05) is 23.3 Å². The number of ether oxygens (including phenoxy) is 1. The van der Waals surface area contributed by atoms with E-state index in [9.17, 15) is 5.21 Å². The maximum atomic E-state index is 12.2. The lowest BCUT2D eigenvalue weighted by atomic mass is 10.2. The van der Waals surface area contributed by atoms with E-state index in [0.29, 0.717) is 11.6 Å². The highest BCUT2D eigenvalue weighted by Gasteiger charge is 2.06. The van der Waals surface area contributed by atoms with Crippen molar-refractivity contribution in [3.05, 3.63) is 71.8 Å². The largest absolute Gasteiger partial charge is 0.618 e. The minimum Gasteiger partial charge on any atom is -0.618 e. The quantitative estimate of drug-likeness (QED) is 0.319. The Morgan fingerprint density at radius 2 is 1.82 bits per heavy atom. The molecule has 0 aliphatic carbocycles. The molecule has 2 aromatic carbocycles. The Kier molecular flexibility index (Phi) is 3.87. The molecule has 0 fully saturated rings.